The Morgan fingerprint density at radius 1 is 0.805 bits per heavy atom. The first-order chi connectivity index (χ1) is 19.4. The number of aromatic hydroxyl groups is 3. The third kappa shape index (κ3) is 5.67. The van der Waals surface area contributed by atoms with Crippen LogP contribution in [0.25, 0.3) is 22.1 Å². The molecule has 9 atom stereocenters. The van der Waals surface area contributed by atoms with Crippen molar-refractivity contribution in [2.75, 3.05) is 13.2 Å². The first-order valence-corrected chi connectivity index (χ1v) is 12.4. The second kappa shape index (κ2) is 11.4. The van der Waals surface area contributed by atoms with E-state index in [1.54, 1.807) is 0 Å². The zero-order valence-electron chi connectivity index (χ0n) is 21.0. The summed E-state index contributed by atoms with van der Waals surface area (Å²) in [6.07, 6.45) is -14.3. The molecule has 0 radical (unpaired) electrons. The minimum absolute atomic E-state index is 0.0861. The maximum absolute atomic E-state index is 12.3. The van der Waals surface area contributed by atoms with E-state index >= 15 is 0 Å². The van der Waals surface area contributed by atoms with Crippen LogP contribution in [0, 0.1) is 0 Å². The van der Waals surface area contributed by atoms with Gasteiger partial charge in [0.25, 0.3) is 0 Å². The monoisotopic (exact) mass is 580 g/mol. The summed E-state index contributed by atoms with van der Waals surface area (Å²) in [5, 5.41) is 91.2. The Morgan fingerprint density at radius 2 is 1.54 bits per heavy atom. The molecule has 0 saturated carbocycles. The van der Waals surface area contributed by atoms with Gasteiger partial charge in [-0.1, -0.05) is 6.07 Å². The van der Waals surface area contributed by atoms with Crippen LogP contribution in [0.1, 0.15) is 0 Å². The third-order valence-electron chi connectivity index (χ3n) is 6.87. The van der Waals surface area contributed by atoms with Crippen LogP contribution in [0.5, 0.6) is 23.0 Å². The van der Waals surface area contributed by atoms with E-state index in [1.807, 2.05) is 0 Å². The molecule has 41 heavy (non-hydrogen) atoms. The van der Waals surface area contributed by atoms with Crippen molar-refractivity contribution < 1.29 is 69.3 Å². The molecule has 3 heterocycles. The van der Waals surface area contributed by atoms with Gasteiger partial charge < -0.3 is 69.3 Å². The second-order valence-electron chi connectivity index (χ2n) is 9.72. The van der Waals surface area contributed by atoms with Gasteiger partial charge in [-0.05, 0) is 17.7 Å². The summed E-state index contributed by atoms with van der Waals surface area (Å²) in [6.45, 7) is -0.866. The SMILES string of the molecule is O=c1cc(-c2ccc(O)c(O)c2)c2c(O[C@H]3O[C@@H](CO[C@@H]4OC[C@@H](O)[C@@H](O)[C@H]4O)[C@@H](O)[C@@H](O)[C@@H]3O)cc(O)cc2o1. The fourth-order valence-electron chi connectivity index (χ4n) is 4.65. The van der Waals surface area contributed by atoms with E-state index in [2.05, 4.69) is 0 Å². The first-order valence-electron chi connectivity index (χ1n) is 12.4. The number of rotatable bonds is 6. The van der Waals surface area contributed by atoms with Crippen LogP contribution in [-0.4, -0.2) is 114 Å². The van der Waals surface area contributed by atoms with E-state index in [0.29, 0.717) is 0 Å². The summed E-state index contributed by atoms with van der Waals surface area (Å²) in [4.78, 5) is 12.3. The molecule has 1 aromatic heterocycles. The van der Waals surface area contributed by atoms with Gasteiger partial charge in [-0.25, -0.2) is 4.79 Å². The highest BCUT2D eigenvalue weighted by molar-refractivity contribution is 5.98. The third-order valence-corrected chi connectivity index (χ3v) is 6.87. The van der Waals surface area contributed by atoms with Crippen molar-refractivity contribution in [2.24, 2.45) is 0 Å². The van der Waals surface area contributed by atoms with Crippen LogP contribution < -0.4 is 10.4 Å². The van der Waals surface area contributed by atoms with E-state index in [4.69, 9.17) is 23.4 Å². The van der Waals surface area contributed by atoms with E-state index < -0.39 is 84.8 Å². The van der Waals surface area contributed by atoms with E-state index in [9.17, 15) is 50.8 Å². The number of phenolic OH excluding ortho intramolecular Hbond substituents is 3. The van der Waals surface area contributed by atoms with Crippen LogP contribution >= 0.6 is 0 Å². The molecule has 9 N–H and O–H groups in total. The van der Waals surface area contributed by atoms with Crippen molar-refractivity contribution in [3.63, 3.8) is 0 Å². The summed E-state index contributed by atoms with van der Waals surface area (Å²) in [5.74, 6) is -1.49. The van der Waals surface area contributed by atoms with E-state index in [-0.39, 0.29) is 34.5 Å². The molecule has 15 heteroatoms. The largest absolute Gasteiger partial charge is 0.508 e. The fraction of sp³-hybridized carbons (Fsp3) is 0.423. The van der Waals surface area contributed by atoms with Crippen LogP contribution in [-0.2, 0) is 14.2 Å². The highest BCUT2D eigenvalue weighted by Gasteiger charge is 2.46. The molecular formula is C26H28O15. The maximum atomic E-state index is 12.3. The summed E-state index contributed by atoms with van der Waals surface area (Å²) < 4.78 is 27.2. The number of benzene rings is 2. The molecule has 0 spiro atoms. The van der Waals surface area contributed by atoms with E-state index in [0.717, 1.165) is 18.2 Å². The van der Waals surface area contributed by atoms with Crippen molar-refractivity contribution in [1.29, 1.82) is 0 Å². The van der Waals surface area contributed by atoms with Crippen molar-refractivity contribution >= 4 is 11.0 Å². The number of hydrogen-bond acceptors (Lipinski definition) is 15. The van der Waals surface area contributed by atoms with Gasteiger partial charge in [-0.2, -0.15) is 0 Å². The number of ether oxygens (including phenoxy) is 4. The summed E-state index contributed by atoms with van der Waals surface area (Å²) in [7, 11) is 0. The molecular weight excluding hydrogens is 552 g/mol. The lowest BCUT2D eigenvalue weighted by Gasteiger charge is -2.41. The Labute approximate surface area is 230 Å². The van der Waals surface area contributed by atoms with Crippen LogP contribution in [0.15, 0.2) is 45.6 Å². The van der Waals surface area contributed by atoms with Crippen LogP contribution in [0.3, 0.4) is 0 Å². The number of hydrogen-bond donors (Lipinski definition) is 9. The second-order valence-corrected chi connectivity index (χ2v) is 9.72. The predicted molar refractivity (Wildman–Crippen MR) is 134 cm³/mol. The lowest BCUT2D eigenvalue weighted by atomic mass is 9.98. The summed E-state index contributed by atoms with van der Waals surface area (Å²) >= 11 is 0. The van der Waals surface area contributed by atoms with Gasteiger partial charge in [-0.3, -0.25) is 0 Å². The molecule has 222 valence electrons. The van der Waals surface area contributed by atoms with Gasteiger partial charge in [-0.15, -0.1) is 0 Å². The molecule has 15 nitrogen and oxygen atoms in total. The Morgan fingerprint density at radius 3 is 2.27 bits per heavy atom. The Kier molecular flexibility index (Phi) is 8.06. The quantitative estimate of drug-likeness (QED) is 0.115. The number of aliphatic hydroxyl groups excluding tert-OH is 6. The highest BCUT2D eigenvalue weighted by atomic mass is 16.7. The number of phenols is 3. The molecule has 0 bridgehead atoms. The average Bonchev–Trinajstić information content (AvgIpc) is 2.93. The summed E-state index contributed by atoms with van der Waals surface area (Å²) in [5.41, 5.74) is -0.563. The maximum Gasteiger partial charge on any atom is 0.336 e. The van der Waals surface area contributed by atoms with Gasteiger partial charge in [0, 0.05) is 23.8 Å². The molecule has 2 fully saturated rings. The lowest BCUT2D eigenvalue weighted by molar-refractivity contribution is -0.307. The van der Waals surface area contributed by atoms with Gasteiger partial charge in [0.1, 0.15) is 59.8 Å². The highest BCUT2D eigenvalue weighted by Crippen LogP contribution is 2.40. The van der Waals surface area contributed by atoms with Crippen LogP contribution in [0.4, 0.5) is 0 Å². The zero-order valence-corrected chi connectivity index (χ0v) is 21.0. The Hall–Kier alpha value is -3.51. The van der Waals surface area contributed by atoms with Gasteiger partial charge in [0.15, 0.2) is 17.8 Å². The van der Waals surface area contributed by atoms with Crippen molar-refractivity contribution in [1.82, 2.24) is 0 Å². The minimum Gasteiger partial charge on any atom is -0.508 e. The summed E-state index contributed by atoms with van der Waals surface area (Å²) in [6, 6.07) is 7.08. The average molecular weight is 580 g/mol. The van der Waals surface area contributed by atoms with Gasteiger partial charge >= 0.3 is 5.63 Å². The predicted octanol–water partition coefficient (Wildman–Crippen LogP) is -1.78. The molecule has 0 amide bonds. The molecule has 0 unspecified atom stereocenters. The normalized spacial score (nSPS) is 32.2. The minimum atomic E-state index is -1.83. The standard InChI is InChI=1S/C26H28O15/c27-10-4-15-19(11(6-18(31)39-15)9-1-2-12(28)13(29)3-9)16(5-10)40-26-24(36)22(34)21(33)17(41-26)8-38-25-23(35)20(32)14(30)7-37-25/h1-6,14,17,20-30,32-36H,7-8H2/t14-,17+,20-,21-,22-,23-,24+,25+,26+/m1/s1. The number of fused-ring (bicyclic) bond motifs is 1. The zero-order chi connectivity index (χ0) is 29.6. The molecule has 2 saturated heterocycles. The number of aliphatic hydroxyl groups is 6. The van der Waals surface area contributed by atoms with Crippen molar-refractivity contribution in [2.45, 2.75) is 55.3 Å². The molecule has 2 aliphatic rings. The molecule has 2 aliphatic heterocycles. The lowest BCUT2D eigenvalue weighted by Crippen LogP contribution is -2.61. The van der Waals surface area contributed by atoms with Crippen molar-refractivity contribution in [3.8, 4) is 34.1 Å². The van der Waals surface area contributed by atoms with Gasteiger partial charge in [0.2, 0.25) is 6.29 Å². The smallest absolute Gasteiger partial charge is 0.336 e. The molecule has 5 rings (SSSR count). The molecule has 3 aromatic rings. The van der Waals surface area contributed by atoms with Crippen LogP contribution in [0.2, 0.25) is 0 Å². The van der Waals surface area contributed by atoms with Crippen molar-refractivity contribution in [3.05, 3.63) is 46.8 Å². The topological polar surface area (TPSA) is 249 Å². The Bertz CT molecular complexity index is 1460. The Balaban J connectivity index is 1.45. The molecule has 0 aliphatic carbocycles. The first kappa shape index (κ1) is 29.0. The van der Waals surface area contributed by atoms with E-state index in [1.165, 1.54) is 18.2 Å². The fourth-order valence-corrected chi connectivity index (χ4v) is 4.65. The molecule has 2 aromatic carbocycles. The van der Waals surface area contributed by atoms with Gasteiger partial charge in [0.05, 0.1) is 18.6 Å².